The Morgan fingerprint density at radius 2 is 1.43 bits per heavy atom. The SMILES string of the molecule is CCC(=O)C(CCSSC(C)(C)CN(CCOCCOCCOC)c1cc(COc2cc3c(cc2C)C(=O)N2c4ccccc4C[C@H]2CC3)cc(COc2cc3c(cc2OC)C(=O)N2c4ccccc4C[C@H]2[CH-]N3C)c1)S(=O)(=O)O.[Y]. The number of aryl methyl sites for hydroxylation is 2. The van der Waals surface area contributed by atoms with E-state index in [0.717, 1.165) is 64.1 Å². The van der Waals surface area contributed by atoms with Crippen molar-refractivity contribution >= 4 is 72.1 Å². The van der Waals surface area contributed by atoms with Crippen LogP contribution in [0.5, 0.6) is 17.2 Å². The first kappa shape index (κ1) is 62.4. The van der Waals surface area contributed by atoms with E-state index >= 15 is 0 Å². The third-order valence-electron chi connectivity index (χ3n) is 15.1. The number of nitrogens with zero attached hydrogens (tertiary/aromatic N) is 4. The van der Waals surface area contributed by atoms with Crippen LogP contribution in [0.25, 0.3) is 0 Å². The van der Waals surface area contributed by atoms with Crippen LogP contribution in [0.4, 0.5) is 22.7 Å². The van der Waals surface area contributed by atoms with Gasteiger partial charge in [0.05, 0.1) is 45.7 Å². The molecule has 0 fully saturated rings. The molecule has 0 saturated heterocycles. The van der Waals surface area contributed by atoms with Crippen LogP contribution in [0.2, 0.25) is 0 Å². The van der Waals surface area contributed by atoms with Crippen LogP contribution in [-0.4, -0.2) is 126 Å². The number of ether oxygens (including phenoxy) is 6. The second-order valence-electron chi connectivity index (χ2n) is 21.3. The van der Waals surface area contributed by atoms with Crippen molar-refractivity contribution in [1.29, 1.82) is 0 Å². The first-order chi connectivity index (χ1) is 38.5. The molecule has 5 aromatic rings. The summed E-state index contributed by atoms with van der Waals surface area (Å²) in [5.74, 6) is 1.30. The number of para-hydroxylation sites is 2. The Labute approximate surface area is 510 Å². The van der Waals surface area contributed by atoms with E-state index in [1.165, 1.54) is 16.4 Å². The Bertz CT molecular complexity index is 3180. The molecule has 20 heteroatoms. The maximum atomic E-state index is 14.4. The molecule has 9 rings (SSSR count). The Morgan fingerprint density at radius 3 is 2.11 bits per heavy atom. The molecule has 0 bridgehead atoms. The van der Waals surface area contributed by atoms with Crippen molar-refractivity contribution < 1.29 is 88.5 Å². The zero-order valence-electron chi connectivity index (χ0n) is 47.3. The molecule has 81 heavy (non-hydrogen) atoms. The number of carbonyl (C=O) groups is 3. The predicted octanol–water partition coefficient (Wildman–Crippen LogP) is 10.1. The van der Waals surface area contributed by atoms with E-state index in [9.17, 15) is 27.4 Å². The maximum Gasteiger partial charge on any atom is 0.275 e. The molecule has 3 atom stereocenters. The van der Waals surface area contributed by atoms with Crippen molar-refractivity contribution in [2.45, 2.75) is 102 Å². The second kappa shape index (κ2) is 27.8. The second-order valence-corrected chi connectivity index (χ2v) is 26.1. The smallest absolute Gasteiger partial charge is 0.275 e. The number of Topliss-reactive ketones (excluding diaryl/α,β-unsaturated/α-hetero) is 1. The first-order valence-corrected chi connectivity index (χ1v) is 31.1. The Hall–Kier alpha value is -4.70. The van der Waals surface area contributed by atoms with E-state index < -0.39 is 25.9 Å². The fourth-order valence-electron chi connectivity index (χ4n) is 11.2. The summed E-state index contributed by atoms with van der Waals surface area (Å²) in [7, 11) is 3.64. The van der Waals surface area contributed by atoms with Gasteiger partial charge in [0.1, 0.15) is 24.2 Å². The molecule has 0 saturated carbocycles. The van der Waals surface area contributed by atoms with Gasteiger partial charge in [0.25, 0.3) is 21.9 Å². The van der Waals surface area contributed by atoms with Gasteiger partial charge in [-0.2, -0.15) is 8.42 Å². The number of carbonyl (C=O) groups excluding carboxylic acids is 3. The fraction of sp³-hybridized carbons (Fsp3) is 0.443. The molecule has 1 N–H and O–H groups in total. The van der Waals surface area contributed by atoms with E-state index in [1.54, 1.807) is 38.0 Å². The predicted molar refractivity (Wildman–Crippen MR) is 317 cm³/mol. The molecule has 2 amide bonds. The Morgan fingerprint density at radius 1 is 0.790 bits per heavy atom. The quantitative estimate of drug-likeness (QED) is 0.0227. The third-order valence-corrected chi connectivity index (χ3v) is 19.6. The topological polar surface area (TPSA) is 174 Å². The molecule has 1 radical (unpaired) electrons. The van der Waals surface area contributed by atoms with Gasteiger partial charge >= 0.3 is 0 Å². The third kappa shape index (κ3) is 14.8. The van der Waals surface area contributed by atoms with E-state index in [-0.39, 0.29) is 82.7 Å². The number of benzene rings is 5. The van der Waals surface area contributed by atoms with Gasteiger partial charge in [-0.15, -0.1) is 0 Å². The van der Waals surface area contributed by atoms with Gasteiger partial charge in [-0.1, -0.05) is 71.0 Å². The molecular formula is C61H73N4O12S3Y-. The number of anilines is 4. The van der Waals surface area contributed by atoms with Crippen molar-refractivity contribution in [2.24, 2.45) is 0 Å². The normalized spacial score (nSPS) is 16.7. The fourth-order valence-corrected chi connectivity index (χ4v) is 14.8. The summed E-state index contributed by atoms with van der Waals surface area (Å²) in [6, 6.07) is 30.0. The summed E-state index contributed by atoms with van der Waals surface area (Å²) in [6.07, 6.45) is 3.14. The molecule has 4 heterocycles. The largest absolute Gasteiger partial charge is 0.522 e. The number of likely N-dealkylation sites (N-methyl/N-ethyl adjacent to an activating group) is 1. The molecule has 5 aromatic carbocycles. The van der Waals surface area contributed by atoms with Crippen molar-refractivity contribution in [3.63, 3.8) is 0 Å². The van der Waals surface area contributed by atoms with Gasteiger partial charge in [0.2, 0.25) is 0 Å². The van der Waals surface area contributed by atoms with Crippen LogP contribution in [0.3, 0.4) is 0 Å². The van der Waals surface area contributed by atoms with Crippen molar-refractivity contribution in [3.05, 3.63) is 142 Å². The average Bonchev–Trinajstić information content (AvgIpc) is 3.95. The van der Waals surface area contributed by atoms with Crippen LogP contribution < -0.4 is 33.8 Å². The summed E-state index contributed by atoms with van der Waals surface area (Å²) >= 11 is 0. The molecular weight excluding hydrogens is 1170 g/mol. The van der Waals surface area contributed by atoms with Crippen molar-refractivity contribution in [3.8, 4) is 17.2 Å². The standard InChI is InChI=1S/C61H73N4O12S3.Y/c1-8-54(66)58(80(69,70)71)19-26-78-79-61(3,4)39-63(20-21-74-24-25-75-23-22-72-6)47-29-41(37-76-55-33-43-17-18-46-31-44-13-9-11-15-51(44)64(46)59(67)49(43)27-40(55)2)28-42(30-47)38-77-57-35-53-50(34-56(57)73-7)60(68)65-48(36-62(53)5)32-45-14-10-12-16-52(45)65;/h9-16,27-30,33-36,46,48,58H,8,17-26,31-32,37-39H2,1-7H3,(H,69,70,71);/q-1;/t46-,48+,58?;/m1./s1. The van der Waals surface area contributed by atoms with Crippen LogP contribution in [0, 0.1) is 13.5 Å². The van der Waals surface area contributed by atoms with Gasteiger partial charge in [-0.3, -0.25) is 18.9 Å². The average molecular weight is 1240 g/mol. The molecule has 4 aliphatic rings. The number of fused-ring (bicyclic) bond motifs is 8. The zero-order chi connectivity index (χ0) is 56.7. The maximum absolute atomic E-state index is 14.4. The van der Waals surface area contributed by atoms with Crippen molar-refractivity contribution in [2.75, 3.05) is 92.7 Å². The number of rotatable bonds is 27. The van der Waals surface area contributed by atoms with E-state index in [1.807, 2.05) is 83.3 Å². The summed E-state index contributed by atoms with van der Waals surface area (Å²) in [4.78, 5) is 49.3. The van der Waals surface area contributed by atoms with Crippen LogP contribution in [0.1, 0.15) is 94.1 Å². The van der Waals surface area contributed by atoms with Gasteiger partial charge in [-0.05, 0) is 142 Å². The number of hydrogen-bond donors (Lipinski definition) is 1. The minimum absolute atomic E-state index is 0. The summed E-state index contributed by atoms with van der Waals surface area (Å²) in [5.41, 5.74) is 10.5. The van der Waals surface area contributed by atoms with Crippen LogP contribution in [0.15, 0.2) is 91.0 Å². The summed E-state index contributed by atoms with van der Waals surface area (Å²) in [5, 5.41) is -1.46. The van der Waals surface area contributed by atoms with Gasteiger partial charge in [0.15, 0.2) is 17.3 Å². The Balaban J connectivity index is 0.00000860. The molecule has 0 aliphatic carbocycles. The van der Waals surface area contributed by atoms with E-state index in [4.69, 9.17) is 28.4 Å². The van der Waals surface area contributed by atoms with Gasteiger partial charge in [-0.25, -0.2) is 6.54 Å². The van der Waals surface area contributed by atoms with Gasteiger partial charge in [0, 0.05) is 110 Å². The minimum Gasteiger partial charge on any atom is -0.522 e. The zero-order valence-corrected chi connectivity index (χ0v) is 52.6. The Kier molecular flexibility index (Phi) is 21.4. The molecule has 0 spiro atoms. The molecule has 1 unspecified atom stereocenters. The summed E-state index contributed by atoms with van der Waals surface area (Å²) in [6.45, 7) is 13.3. The van der Waals surface area contributed by atoms with Crippen LogP contribution in [-0.2, 0) is 94.3 Å². The molecule has 0 aromatic heterocycles. The number of ketones is 1. The molecule has 431 valence electrons. The van der Waals surface area contributed by atoms with E-state index in [0.29, 0.717) is 92.4 Å². The molecule has 16 nitrogen and oxygen atoms in total. The minimum atomic E-state index is -4.54. The number of methoxy groups -OCH3 is 2. The summed E-state index contributed by atoms with van der Waals surface area (Å²) < 4.78 is 70.1. The number of hydrogen-bond acceptors (Lipinski definition) is 15. The van der Waals surface area contributed by atoms with Crippen LogP contribution >= 0.6 is 21.6 Å². The molecule has 4 aliphatic heterocycles. The first-order valence-electron chi connectivity index (χ1n) is 27.3. The number of amides is 2. The van der Waals surface area contributed by atoms with E-state index in [2.05, 4.69) is 55.6 Å². The van der Waals surface area contributed by atoms with Crippen molar-refractivity contribution in [1.82, 2.24) is 0 Å². The van der Waals surface area contributed by atoms with Gasteiger partial charge < -0.3 is 48.0 Å². The monoisotopic (exact) mass is 1240 g/mol.